The number of rotatable bonds is 3. The molecule has 0 radical (unpaired) electrons. The van der Waals surface area contributed by atoms with Gasteiger partial charge in [-0.15, -0.1) is 0 Å². The van der Waals surface area contributed by atoms with E-state index in [1.807, 2.05) is 0 Å². The number of halogens is 3. The Hall–Kier alpha value is -1.76. The van der Waals surface area contributed by atoms with Gasteiger partial charge in [-0.1, -0.05) is 18.2 Å². The van der Waals surface area contributed by atoms with Gasteiger partial charge in [0.15, 0.2) is 0 Å². The van der Waals surface area contributed by atoms with E-state index in [9.17, 15) is 18.0 Å². The van der Waals surface area contributed by atoms with Crippen LogP contribution in [-0.4, -0.2) is 42.9 Å². The fraction of sp³-hybridized carbons (Fsp3) is 0.533. The van der Waals surface area contributed by atoms with E-state index in [4.69, 9.17) is 4.74 Å². The van der Waals surface area contributed by atoms with Gasteiger partial charge in [-0.2, -0.15) is 13.2 Å². The van der Waals surface area contributed by atoms with Crippen LogP contribution in [-0.2, 0) is 4.74 Å². The van der Waals surface area contributed by atoms with Gasteiger partial charge in [-0.3, -0.25) is 0 Å². The highest BCUT2D eigenvalue weighted by Gasteiger charge is 2.37. The molecule has 22 heavy (non-hydrogen) atoms. The lowest BCUT2D eigenvalue weighted by molar-refractivity contribution is -0.146. The van der Waals surface area contributed by atoms with Crippen LogP contribution >= 0.6 is 0 Å². The summed E-state index contributed by atoms with van der Waals surface area (Å²) in [7, 11) is 0. The lowest BCUT2D eigenvalue weighted by atomic mass is 10.1. The molecule has 7 heteroatoms. The zero-order valence-corrected chi connectivity index (χ0v) is 12.3. The van der Waals surface area contributed by atoms with Crippen molar-refractivity contribution in [3.63, 3.8) is 0 Å². The monoisotopic (exact) mass is 316 g/mol. The number of amides is 2. The minimum atomic E-state index is -4.43. The average molecular weight is 316 g/mol. The predicted molar refractivity (Wildman–Crippen MR) is 76.8 cm³/mol. The third kappa shape index (κ3) is 4.62. The molecular weight excluding hydrogens is 297 g/mol. The van der Waals surface area contributed by atoms with Gasteiger partial charge < -0.3 is 15.0 Å². The Morgan fingerprint density at radius 1 is 1.32 bits per heavy atom. The van der Waals surface area contributed by atoms with Crippen molar-refractivity contribution in [2.24, 2.45) is 0 Å². The normalized spacial score (nSPS) is 16.4. The first-order valence-corrected chi connectivity index (χ1v) is 7.14. The maximum Gasteiger partial charge on any atom is 0.406 e. The van der Waals surface area contributed by atoms with Crippen molar-refractivity contribution >= 4 is 11.7 Å². The first kappa shape index (κ1) is 16.6. The van der Waals surface area contributed by atoms with E-state index in [0.29, 0.717) is 31.7 Å². The molecule has 1 heterocycles. The average Bonchev–Trinajstić information content (AvgIpc) is 2.47. The second kappa shape index (κ2) is 7.00. The van der Waals surface area contributed by atoms with Gasteiger partial charge in [0.2, 0.25) is 0 Å². The Kier molecular flexibility index (Phi) is 5.28. The summed E-state index contributed by atoms with van der Waals surface area (Å²) in [5.74, 6) is 0. The Labute approximate surface area is 127 Å². The number of carbonyl (C=O) groups excluding carboxylic acids is 1. The van der Waals surface area contributed by atoms with Gasteiger partial charge in [0.05, 0.1) is 0 Å². The number of para-hydroxylation sites is 1. The molecule has 0 unspecified atom stereocenters. The molecule has 1 aliphatic heterocycles. The fourth-order valence-corrected chi connectivity index (χ4v) is 2.46. The Bertz CT molecular complexity index is 514. The van der Waals surface area contributed by atoms with Crippen LogP contribution in [0.15, 0.2) is 24.3 Å². The molecule has 1 saturated heterocycles. The molecule has 0 bridgehead atoms. The molecule has 0 saturated carbocycles. The smallest absolute Gasteiger partial charge is 0.381 e. The quantitative estimate of drug-likeness (QED) is 0.926. The van der Waals surface area contributed by atoms with Gasteiger partial charge in [-0.25, -0.2) is 4.79 Å². The van der Waals surface area contributed by atoms with E-state index in [2.05, 4.69) is 5.32 Å². The highest BCUT2D eigenvalue weighted by atomic mass is 19.4. The Morgan fingerprint density at radius 3 is 2.55 bits per heavy atom. The van der Waals surface area contributed by atoms with Gasteiger partial charge in [-0.05, 0) is 31.4 Å². The molecule has 1 N–H and O–H groups in total. The van der Waals surface area contributed by atoms with E-state index in [-0.39, 0.29) is 0 Å². The van der Waals surface area contributed by atoms with E-state index < -0.39 is 24.8 Å². The highest BCUT2D eigenvalue weighted by Crippen LogP contribution is 2.24. The number of nitrogens with one attached hydrogen (secondary N) is 1. The summed E-state index contributed by atoms with van der Waals surface area (Å²) < 4.78 is 43.5. The molecule has 1 aliphatic rings. The fourth-order valence-electron chi connectivity index (χ4n) is 2.46. The minimum absolute atomic E-state index is 0.372. The third-order valence-corrected chi connectivity index (χ3v) is 3.63. The molecule has 4 nitrogen and oxygen atoms in total. The second-order valence-corrected chi connectivity index (χ2v) is 5.33. The molecular formula is C15H19F3N2O2. The summed E-state index contributed by atoms with van der Waals surface area (Å²) in [6, 6.07) is 5.81. The van der Waals surface area contributed by atoms with E-state index in [1.54, 1.807) is 31.2 Å². The van der Waals surface area contributed by atoms with Gasteiger partial charge in [0.25, 0.3) is 0 Å². The largest absolute Gasteiger partial charge is 0.406 e. The van der Waals surface area contributed by atoms with Crippen molar-refractivity contribution in [1.29, 1.82) is 0 Å². The number of ether oxygens (including phenoxy) is 1. The molecule has 1 fully saturated rings. The van der Waals surface area contributed by atoms with Crippen molar-refractivity contribution in [3.05, 3.63) is 29.8 Å². The zero-order valence-electron chi connectivity index (χ0n) is 12.3. The van der Waals surface area contributed by atoms with Gasteiger partial charge in [0.1, 0.15) is 6.54 Å². The molecule has 0 aromatic heterocycles. The zero-order chi connectivity index (χ0) is 16.2. The second-order valence-electron chi connectivity index (χ2n) is 5.33. The Balaban J connectivity index is 2.12. The molecule has 0 atom stereocenters. The summed E-state index contributed by atoms with van der Waals surface area (Å²) in [4.78, 5) is 13.2. The lowest BCUT2D eigenvalue weighted by Crippen LogP contribution is -2.49. The highest BCUT2D eigenvalue weighted by molar-refractivity contribution is 5.90. The first-order valence-electron chi connectivity index (χ1n) is 7.14. The van der Waals surface area contributed by atoms with Crippen molar-refractivity contribution in [1.82, 2.24) is 4.90 Å². The molecule has 2 rings (SSSR count). The molecule has 1 aromatic rings. The van der Waals surface area contributed by atoms with Crippen molar-refractivity contribution in [2.45, 2.75) is 32.0 Å². The summed E-state index contributed by atoms with van der Waals surface area (Å²) in [6.07, 6.45) is -3.60. The SMILES string of the molecule is Cc1ccccc1NC(=O)N(CC(F)(F)F)C1CCOCC1. The van der Waals surface area contributed by atoms with Crippen LogP contribution in [0.4, 0.5) is 23.7 Å². The van der Waals surface area contributed by atoms with Crippen LogP contribution in [0, 0.1) is 6.92 Å². The number of aryl methyl sites for hydroxylation is 1. The van der Waals surface area contributed by atoms with Crippen LogP contribution in [0.5, 0.6) is 0 Å². The maximum atomic E-state index is 12.8. The van der Waals surface area contributed by atoms with Crippen molar-refractivity contribution < 1.29 is 22.7 Å². The van der Waals surface area contributed by atoms with Crippen LogP contribution in [0.25, 0.3) is 0 Å². The van der Waals surface area contributed by atoms with E-state index >= 15 is 0 Å². The molecule has 122 valence electrons. The topological polar surface area (TPSA) is 41.6 Å². The minimum Gasteiger partial charge on any atom is -0.381 e. The van der Waals surface area contributed by atoms with E-state index in [0.717, 1.165) is 10.5 Å². The number of urea groups is 1. The van der Waals surface area contributed by atoms with Crippen LogP contribution in [0.3, 0.4) is 0 Å². The third-order valence-electron chi connectivity index (χ3n) is 3.63. The number of hydrogen-bond acceptors (Lipinski definition) is 2. The van der Waals surface area contributed by atoms with Crippen molar-refractivity contribution in [3.8, 4) is 0 Å². The molecule has 0 spiro atoms. The number of anilines is 1. The maximum absolute atomic E-state index is 12.8. The number of hydrogen-bond donors (Lipinski definition) is 1. The van der Waals surface area contributed by atoms with Crippen LogP contribution < -0.4 is 5.32 Å². The van der Waals surface area contributed by atoms with Crippen LogP contribution in [0.2, 0.25) is 0 Å². The van der Waals surface area contributed by atoms with Gasteiger partial charge >= 0.3 is 12.2 Å². The molecule has 1 aromatic carbocycles. The van der Waals surface area contributed by atoms with Crippen molar-refractivity contribution in [2.75, 3.05) is 25.1 Å². The number of nitrogens with zero attached hydrogens (tertiary/aromatic N) is 1. The number of carbonyl (C=O) groups is 1. The van der Waals surface area contributed by atoms with Gasteiger partial charge in [0, 0.05) is 24.9 Å². The molecule has 0 aliphatic carbocycles. The predicted octanol–water partition coefficient (Wildman–Crippen LogP) is 3.57. The summed E-state index contributed by atoms with van der Waals surface area (Å²) in [5.41, 5.74) is 1.32. The summed E-state index contributed by atoms with van der Waals surface area (Å²) >= 11 is 0. The number of alkyl halides is 3. The number of benzene rings is 1. The Morgan fingerprint density at radius 2 is 1.95 bits per heavy atom. The summed E-state index contributed by atoms with van der Waals surface area (Å²) in [5, 5.41) is 2.58. The van der Waals surface area contributed by atoms with Crippen LogP contribution in [0.1, 0.15) is 18.4 Å². The standard InChI is InChI=1S/C15H19F3N2O2/c1-11-4-2-3-5-13(11)19-14(21)20(10-15(16,17)18)12-6-8-22-9-7-12/h2-5,12H,6-10H2,1H3,(H,19,21). The van der Waals surface area contributed by atoms with E-state index in [1.165, 1.54) is 0 Å². The first-order chi connectivity index (χ1) is 10.4. The lowest BCUT2D eigenvalue weighted by Gasteiger charge is -2.34. The summed E-state index contributed by atoms with van der Waals surface area (Å²) in [6.45, 7) is 1.28. The molecule has 2 amide bonds.